The Morgan fingerprint density at radius 1 is 1.10 bits per heavy atom. The molecule has 0 aromatic carbocycles. The second-order valence-corrected chi connectivity index (χ2v) is 9.08. The molecular weight excluding hydrogens is 364 g/mol. The monoisotopic (exact) mass is 398 g/mol. The van der Waals surface area contributed by atoms with Gasteiger partial charge in [0.1, 0.15) is 5.82 Å². The Labute approximate surface area is 174 Å². The first-order chi connectivity index (χ1) is 14.1. The minimum absolute atomic E-state index is 0.629. The van der Waals surface area contributed by atoms with Crippen molar-refractivity contribution in [3.8, 4) is 11.4 Å². The summed E-state index contributed by atoms with van der Waals surface area (Å²) in [4.78, 5) is 16.6. The molecule has 0 aliphatic carbocycles. The molecule has 0 saturated carbocycles. The molecule has 0 radical (unpaired) electrons. The summed E-state index contributed by atoms with van der Waals surface area (Å²) >= 11 is 0. The van der Waals surface area contributed by atoms with E-state index >= 15 is 0 Å². The smallest absolute Gasteiger partial charge is 0.241 e. The minimum atomic E-state index is 0.629. The zero-order chi connectivity index (χ0) is 20.2. The number of anilines is 1. The zero-order valence-corrected chi connectivity index (χ0v) is 18.0. The summed E-state index contributed by atoms with van der Waals surface area (Å²) in [5.41, 5.74) is 0.913. The lowest BCUT2D eigenvalue weighted by atomic mass is 10.0. The van der Waals surface area contributed by atoms with Gasteiger partial charge < -0.3 is 14.3 Å². The van der Waals surface area contributed by atoms with Gasteiger partial charge in [-0.1, -0.05) is 25.9 Å². The molecule has 4 rings (SSSR count). The fourth-order valence-corrected chi connectivity index (χ4v) is 4.38. The lowest BCUT2D eigenvalue weighted by Gasteiger charge is -2.34. The Kier molecular flexibility index (Phi) is 6.45. The van der Waals surface area contributed by atoms with Crippen molar-refractivity contribution >= 4 is 5.82 Å². The van der Waals surface area contributed by atoms with Crippen LogP contribution >= 0.6 is 0 Å². The minimum Gasteiger partial charge on any atom is -0.356 e. The Balaban J connectivity index is 1.32. The molecule has 0 spiro atoms. The second-order valence-electron chi connectivity index (χ2n) is 9.08. The number of pyridine rings is 1. The van der Waals surface area contributed by atoms with Crippen molar-refractivity contribution in [2.75, 3.05) is 50.7 Å². The van der Waals surface area contributed by atoms with Crippen molar-refractivity contribution in [1.82, 2.24) is 24.9 Å². The quantitative estimate of drug-likeness (QED) is 0.741. The molecule has 2 aliphatic rings. The number of hydrogen-bond acceptors (Lipinski definition) is 7. The molecule has 7 nitrogen and oxygen atoms in total. The SMILES string of the molecule is CC(C)CN1CCN(Cc2nc(-c3ccc(N4CCC[C@@H](C)C4)nc3)no2)CC1. The van der Waals surface area contributed by atoms with E-state index < -0.39 is 0 Å². The Morgan fingerprint density at radius 3 is 2.59 bits per heavy atom. The molecule has 29 heavy (non-hydrogen) atoms. The first kappa shape index (κ1) is 20.3. The molecule has 1 atom stereocenters. The molecule has 158 valence electrons. The van der Waals surface area contributed by atoms with Crippen LogP contribution in [0.2, 0.25) is 0 Å². The van der Waals surface area contributed by atoms with Gasteiger partial charge in [0.15, 0.2) is 0 Å². The highest BCUT2D eigenvalue weighted by molar-refractivity contribution is 5.55. The number of aromatic nitrogens is 3. The molecule has 0 unspecified atom stereocenters. The predicted octanol–water partition coefficient (Wildman–Crippen LogP) is 3.14. The summed E-state index contributed by atoms with van der Waals surface area (Å²) in [5, 5.41) is 4.18. The van der Waals surface area contributed by atoms with Crippen LogP contribution in [0.3, 0.4) is 0 Å². The van der Waals surface area contributed by atoms with Crippen LogP contribution < -0.4 is 4.90 Å². The summed E-state index contributed by atoms with van der Waals surface area (Å²) in [6.45, 7) is 15.3. The summed E-state index contributed by atoms with van der Waals surface area (Å²) < 4.78 is 5.52. The van der Waals surface area contributed by atoms with Crippen molar-refractivity contribution in [2.24, 2.45) is 11.8 Å². The van der Waals surface area contributed by atoms with E-state index in [2.05, 4.69) is 62.7 Å². The average molecular weight is 399 g/mol. The van der Waals surface area contributed by atoms with Crippen LogP contribution in [0.25, 0.3) is 11.4 Å². The van der Waals surface area contributed by atoms with Gasteiger partial charge >= 0.3 is 0 Å². The van der Waals surface area contributed by atoms with Gasteiger partial charge in [-0.2, -0.15) is 4.98 Å². The molecular formula is C22H34N6O. The number of nitrogens with zero attached hydrogens (tertiary/aromatic N) is 6. The lowest BCUT2D eigenvalue weighted by molar-refractivity contribution is 0.108. The Bertz CT molecular complexity index is 766. The summed E-state index contributed by atoms with van der Waals surface area (Å²) in [5.74, 6) is 3.81. The van der Waals surface area contributed by atoms with Gasteiger partial charge in [0.05, 0.1) is 6.54 Å². The van der Waals surface area contributed by atoms with Crippen molar-refractivity contribution in [3.05, 3.63) is 24.2 Å². The largest absolute Gasteiger partial charge is 0.356 e. The number of piperazine rings is 1. The number of hydrogen-bond donors (Lipinski definition) is 0. The third kappa shape index (κ3) is 5.34. The Morgan fingerprint density at radius 2 is 1.90 bits per heavy atom. The van der Waals surface area contributed by atoms with E-state index in [1.807, 2.05) is 6.20 Å². The van der Waals surface area contributed by atoms with Crippen LogP contribution in [-0.4, -0.2) is 70.7 Å². The molecule has 4 heterocycles. The van der Waals surface area contributed by atoms with Gasteiger partial charge in [0.2, 0.25) is 11.7 Å². The van der Waals surface area contributed by atoms with Gasteiger partial charge in [-0.05, 0) is 36.8 Å². The maximum Gasteiger partial charge on any atom is 0.241 e. The van der Waals surface area contributed by atoms with E-state index in [0.29, 0.717) is 11.7 Å². The van der Waals surface area contributed by atoms with Gasteiger partial charge in [-0.15, -0.1) is 0 Å². The highest BCUT2D eigenvalue weighted by Crippen LogP contribution is 2.23. The topological polar surface area (TPSA) is 61.5 Å². The number of rotatable bonds is 6. The highest BCUT2D eigenvalue weighted by Gasteiger charge is 2.21. The Hall–Kier alpha value is -1.99. The van der Waals surface area contributed by atoms with Crippen molar-refractivity contribution in [3.63, 3.8) is 0 Å². The molecule has 0 N–H and O–H groups in total. The van der Waals surface area contributed by atoms with Crippen LogP contribution in [0.15, 0.2) is 22.9 Å². The van der Waals surface area contributed by atoms with Crippen LogP contribution in [-0.2, 0) is 6.54 Å². The van der Waals surface area contributed by atoms with Gasteiger partial charge in [0.25, 0.3) is 0 Å². The average Bonchev–Trinajstić information content (AvgIpc) is 3.18. The fraction of sp³-hybridized carbons (Fsp3) is 0.682. The number of piperidine rings is 1. The second kappa shape index (κ2) is 9.22. The van der Waals surface area contributed by atoms with Gasteiger partial charge in [0, 0.05) is 57.6 Å². The maximum atomic E-state index is 5.52. The van der Waals surface area contributed by atoms with Crippen LogP contribution in [0.4, 0.5) is 5.82 Å². The summed E-state index contributed by atoms with van der Waals surface area (Å²) in [7, 11) is 0. The third-order valence-electron chi connectivity index (χ3n) is 5.90. The van der Waals surface area contributed by atoms with E-state index in [0.717, 1.165) is 69.0 Å². The van der Waals surface area contributed by atoms with Crippen LogP contribution in [0.1, 0.15) is 39.5 Å². The van der Waals surface area contributed by atoms with Crippen LogP contribution in [0.5, 0.6) is 0 Å². The maximum absolute atomic E-state index is 5.52. The molecule has 0 bridgehead atoms. The molecule has 2 fully saturated rings. The molecule has 2 aromatic rings. The van der Waals surface area contributed by atoms with E-state index in [1.54, 1.807) is 0 Å². The van der Waals surface area contributed by atoms with Crippen LogP contribution in [0, 0.1) is 11.8 Å². The van der Waals surface area contributed by atoms with E-state index in [4.69, 9.17) is 4.52 Å². The predicted molar refractivity (Wildman–Crippen MR) is 115 cm³/mol. The van der Waals surface area contributed by atoms with E-state index in [-0.39, 0.29) is 0 Å². The molecule has 7 heteroatoms. The van der Waals surface area contributed by atoms with Crippen molar-refractivity contribution in [2.45, 2.75) is 40.2 Å². The third-order valence-corrected chi connectivity index (χ3v) is 5.90. The standard InChI is InChI=1S/C22H34N6O/c1-17(2)14-26-9-11-27(12-10-26)16-21-24-22(25-29-21)19-6-7-20(23-13-19)28-8-4-5-18(3)15-28/h6-7,13,17-18H,4-5,8-12,14-16H2,1-3H3/t18-/m1/s1. The zero-order valence-electron chi connectivity index (χ0n) is 18.0. The molecule has 2 aromatic heterocycles. The normalized spacial score (nSPS) is 21.8. The molecule has 2 saturated heterocycles. The molecule has 2 aliphatic heterocycles. The van der Waals surface area contributed by atoms with E-state index in [1.165, 1.54) is 19.4 Å². The summed E-state index contributed by atoms with van der Waals surface area (Å²) in [6, 6.07) is 4.14. The van der Waals surface area contributed by atoms with E-state index in [9.17, 15) is 0 Å². The van der Waals surface area contributed by atoms with Gasteiger partial charge in [-0.25, -0.2) is 4.98 Å². The first-order valence-corrected chi connectivity index (χ1v) is 11.1. The first-order valence-electron chi connectivity index (χ1n) is 11.1. The van der Waals surface area contributed by atoms with Crippen molar-refractivity contribution in [1.29, 1.82) is 0 Å². The highest BCUT2D eigenvalue weighted by atomic mass is 16.5. The summed E-state index contributed by atoms with van der Waals surface area (Å²) in [6.07, 6.45) is 4.42. The molecule has 0 amide bonds. The van der Waals surface area contributed by atoms with Crippen molar-refractivity contribution < 1.29 is 4.52 Å². The fourth-order valence-electron chi connectivity index (χ4n) is 4.38. The van der Waals surface area contributed by atoms with Gasteiger partial charge in [-0.3, -0.25) is 4.90 Å². The lowest BCUT2D eigenvalue weighted by Crippen LogP contribution is -2.46.